The minimum absolute atomic E-state index is 0.125. The van der Waals surface area contributed by atoms with Crippen molar-refractivity contribution in [3.05, 3.63) is 59.8 Å². The molecule has 0 aliphatic carbocycles. The highest BCUT2D eigenvalue weighted by atomic mass is 28.4. The molecule has 0 N–H and O–H groups in total. The Morgan fingerprint density at radius 3 is 2.26 bits per heavy atom. The number of benzene rings is 2. The highest BCUT2D eigenvalue weighted by Gasteiger charge is 2.39. The number of carbonyl (C=O) groups excluding carboxylic acids is 1. The number of unbranched alkanes of at least 4 members (excludes halogenated alkanes) is 1. The summed E-state index contributed by atoms with van der Waals surface area (Å²) >= 11 is 0. The Morgan fingerprint density at radius 1 is 1.03 bits per heavy atom. The maximum absolute atomic E-state index is 13.0. The average Bonchev–Trinajstić information content (AvgIpc) is 3.06. The van der Waals surface area contributed by atoms with Gasteiger partial charge in [0.2, 0.25) is 8.32 Å². The van der Waals surface area contributed by atoms with Crippen molar-refractivity contribution in [1.29, 1.82) is 0 Å². The Balaban J connectivity index is 2.07. The number of carbonyl (C=O) groups is 1. The maximum Gasteiger partial charge on any atom is 0.313 e. The lowest BCUT2D eigenvalue weighted by Gasteiger charge is -2.36. The zero-order valence-corrected chi connectivity index (χ0v) is 23.2. The molecule has 0 aliphatic rings. The van der Waals surface area contributed by atoms with E-state index in [0.29, 0.717) is 6.61 Å². The summed E-state index contributed by atoms with van der Waals surface area (Å²) in [7, 11) is -1.90. The molecule has 0 fully saturated rings. The number of fused-ring (bicyclic) bond motifs is 1. The van der Waals surface area contributed by atoms with E-state index in [1.165, 1.54) is 0 Å². The molecule has 34 heavy (non-hydrogen) atoms. The topological polar surface area (TPSA) is 40.5 Å². The summed E-state index contributed by atoms with van der Waals surface area (Å²) in [5.41, 5.74) is 4.36. The Labute approximate surface area is 206 Å². The second kappa shape index (κ2) is 10.4. The average molecular weight is 480 g/mol. The molecule has 0 radical (unpaired) electrons. The van der Waals surface area contributed by atoms with E-state index in [9.17, 15) is 4.79 Å². The lowest BCUT2D eigenvalue weighted by molar-refractivity contribution is -0.145. The predicted molar refractivity (Wildman–Crippen MR) is 145 cm³/mol. The zero-order valence-electron chi connectivity index (χ0n) is 22.2. The predicted octanol–water partition coefficient (Wildman–Crippen LogP) is 8.16. The van der Waals surface area contributed by atoms with Gasteiger partial charge in [0.05, 0.1) is 18.0 Å². The molecule has 184 valence electrons. The van der Waals surface area contributed by atoms with E-state index < -0.39 is 8.32 Å². The fourth-order valence-corrected chi connectivity index (χ4v) is 5.34. The summed E-state index contributed by atoms with van der Waals surface area (Å²) in [6, 6.07) is 16.8. The number of para-hydroxylation sites is 1. The van der Waals surface area contributed by atoms with Crippen LogP contribution in [0.15, 0.2) is 48.5 Å². The molecular weight excluding hydrogens is 438 g/mol. The van der Waals surface area contributed by atoms with Crippen LogP contribution in [0, 0.1) is 6.92 Å². The van der Waals surface area contributed by atoms with Gasteiger partial charge < -0.3 is 13.7 Å². The smallest absolute Gasteiger partial charge is 0.313 e. The Bertz CT molecular complexity index is 1120. The molecule has 1 aromatic heterocycles. The Hall–Kier alpha value is -2.53. The van der Waals surface area contributed by atoms with E-state index in [2.05, 4.69) is 94.7 Å². The van der Waals surface area contributed by atoms with Crippen molar-refractivity contribution >= 4 is 25.2 Å². The number of hydrogen-bond donors (Lipinski definition) is 0. The van der Waals surface area contributed by atoms with Gasteiger partial charge in [0.25, 0.3) is 0 Å². The minimum Gasteiger partial charge on any atom is -0.544 e. The highest BCUT2D eigenvalue weighted by molar-refractivity contribution is 6.74. The van der Waals surface area contributed by atoms with Gasteiger partial charge in [0.1, 0.15) is 5.75 Å². The van der Waals surface area contributed by atoms with Crippen LogP contribution in [0.2, 0.25) is 18.1 Å². The first-order valence-electron chi connectivity index (χ1n) is 12.6. The summed E-state index contributed by atoms with van der Waals surface area (Å²) in [4.78, 5) is 13.0. The highest BCUT2D eigenvalue weighted by Crippen LogP contribution is 2.39. The second-order valence-corrected chi connectivity index (χ2v) is 15.4. The van der Waals surface area contributed by atoms with Crippen LogP contribution in [0.3, 0.4) is 0 Å². The van der Waals surface area contributed by atoms with Crippen molar-refractivity contribution in [3.8, 4) is 11.4 Å². The van der Waals surface area contributed by atoms with Crippen LogP contribution in [0.1, 0.15) is 71.1 Å². The molecule has 3 rings (SSSR count). The second-order valence-electron chi connectivity index (χ2n) is 10.7. The maximum atomic E-state index is 13.0. The summed E-state index contributed by atoms with van der Waals surface area (Å²) < 4.78 is 14.3. The number of aromatic nitrogens is 1. The van der Waals surface area contributed by atoms with Crippen LogP contribution in [0.5, 0.6) is 5.75 Å². The first-order chi connectivity index (χ1) is 16.0. The van der Waals surface area contributed by atoms with Crippen LogP contribution < -0.4 is 4.43 Å². The molecule has 0 bridgehead atoms. The molecule has 5 heteroatoms. The Kier molecular flexibility index (Phi) is 7.97. The van der Waals surface area contributed by atoms with Crippen LogP contribution in [0.25, 0.3) is 16.6 Å². The van der Waals surface area contributed by atoms with Gasteiger partial charge in [-0.2, -0.15) is 0 Å². The van der Waals surface area contributed by atoms with E-state index >= 15 is 0 Å². The number of ether oxygens (including phenoxy) is 1. The van der Waals surface area contributed by atoms with Crippen LogP contribution in [-0.4, -0.2) is 25.5 Å². The van der Waals surface area contributed by atoms with Gasteiger partial charge in [-0.15, -0.1) is 0 Å². The van der Waals surface area contributed by atoms with Crippen molar-refractivity contribution in [2.24, 2.45) is 0 Å². The van der Waals surface area contributed by atoms with Crippen LogP contribution in [0.4, 0.5) is 0 Å². The minimum atomic E-state index is -1.90. The third-order valence-corrected chi connectivity index (χ3v) is 11.6. The molecule has 0 amide bonds. The lowest BCUT2D eigenvalue weighted by atomic mass is 9.91. The summed E-state index contributed by atoms with van der Waals surface area (Å²) in [6.07, 6.45) is 2.83. The molecule has 4 nitrogen and oxygen atoms in total. The molecule has 3 aromatic rings. The summed E-state index contributed by atoms with van der Waals surface area (Å²) in [5, 5.41) is 1.27. The molecule has 0 saturated heterocycles. The largest absolute Gasteiger partial charge is 0.544 e. The van der Waals surface area contributed by atoms with Gasteiger partial charge in [0, 0.05) is 16.8 Å². The monoisotopic (exact) mass is 479 g/mol. The van der Waals surface area contributed by atoms with Gasteiger partial charge >= 0.3 is 5.97 Å². The van der Waals surface area contributed by atoms with Crippen molar-refractivity contribution < 1.29 is 14.0 Å². The molecular formula is C29H41NO3Si. The molecule has 0 saturated carbocycles. The van der Waals surface area contributed by atoms with E-state index in [0.717, 1.165) is 52.9 Å². The van der Waals surface area contributed by atoms with Gasteiger partial charge in [0.15, 0.2) is 0 Å². The SMILES string of the molecule is CCCC[C@@H](C(=O)OCC)c1c(C)n(-c2ccc(O[Si](C)(C)C(C)(C)C)cc2)c2ccccc12. The van der Waals surface area contributed by atoms with Gasteiger partial charge in [-0.1, -0.05) is 58.7 Å². The van der Waals surface area contributed by atoms with E-state index in [4.69, 9.17) is 9.16 Å². The first kappa shape index (κ1) is 26.1. The van der Waals surface area contributed by atoms with Crippen LogP contribution >= 0.6 is 0 Å². The molecule has 1 heterocycles. The van der Waals surface area contributed by atoms with Crippen molar-refractivity contribution in [2.75, 3.05) is 6.61 Å². The van der Waals surface area contributed by atoms with Crippen molar-refractivity contribution in [1.82, 2.24) is 4.57 Å². The van der Waals surface area contributed by atoms with Gasteiger partial charge in [-0.05, 0) is 74.3 Å². The van der Waals surface area contributed by atoms with E-state index in [1.807, 2.05) is 13.0 Å². The number of rotatable bonds is 9. The van der Waals surface area contributed by atoms with Crippen LogP contribution in [-0.2, 0) is 9.53 Å². The van der Waals surface area contributed by atoms with Gasteiger partial charge in [-0.3, -0.25) is 4.79 Å². The standard InChI is InChI=1S/C29H41NO3Si/c1-9-11-14-25(28(31)32-10-2)27-21(3)30(26-16-13-12-15-24(26)27)22-17-19-23(20-18-22)33-34(7,8)29(4,5)6/h12-13,15-20,25H,9-11,14H2,1-8H3/t25-/m1/s1. The number of hydrogen-bond acceptors (Lipinski definition) is 3. The fraction of sp³-hybridized carbons (Fsp3) is 0.483. The number of esters is 1. The molecule has 0 unspecified atom stereocenters. The van der Waals surface area contributed by atoms with E-state index in [-0.39, 0.29) is 16.9 Å². The number of nitrogens with zero attached hydrogens (tertiary/aromatic N) is 1. The van der Waals surface area contributed by atoms with Crippen molar-refractivity contribution in [3.63, 3.8) is 0 Å². The summed E-state index contributed by atoms with van der Waals surface area (Å²) in [5.74, 6) is 0.532. The molecule has 0 spiro atoms. The fourth-order valence-electron chi connectivity index (χ4n) is 4.31. The zero-order chi connectivity index (χ0) is 25.1. The third kappa shape index (κ3) is 5.25. The normalized spacial score (nSPS) is 13.2. The van der Waals surface area contributed by atoms with Crippen molar-refractivity contribution in [2.45, 2.75) is 84.9 Å². The lowest BCUT2D eigenvalue weighted by Crippen LogP contribution is -2.43. The summed E-state index contributed by atoms with van der Waals surface area (Å²) in [6.45, 7) is 17.8. The molecule has 1 atom stereocenters. The quantitative estimate of drug-likeness (QED) is 0.229. The van der Waals surface area contributed by atoms with E-state index in [1.54, 1.807) is 0 Å². The first-order valence-corrected chi connectivity index (χ1v) is 15.5. The molecule has 0 aliphatic heterocycles. The Morgan fingerprint density at radius 2 is 1.68 bits per heavy atom. The third-order valence-electron chi connectivity index (χ3n) is 7.20. The molecule has 2 aromatic carbocycles. The van der Waals surface area contributed by atoms with Gasteiger partial charge in [-0.25, -0.2) is 0 Å².